The van der Waals surface area contributed by atoms with E-state index in [-0.39, 0.29) is 23.7 Å². The summed E-state index contributed by atoms with van der Waals surface area (Å²) in [6, 6.07) is 3.12. The van der Waals surface area contributed by atoms with Crippen LogP contribution in [0, 0.1) is 12.8 Å². The molecule has 1 fully saturated rings. The molecule has 1 unspecified atom stereocenters. The molecule has 1 aromatic rings. The fourth-order valence-corrected chi connectivity index (χ4v) is 2.28. The molecule has 0 aliphatic heterocycles. The summed E-state index contributed by atoms with van der Waals surface area (Å²) in [5.74, 6) is 0.227. The predicted octanol–water partition coefficient (Wildman–Crippen LogP) is 3.25. The lowest BCUT2D eigenvalue weighted by Gasteiger charge is -2.22. The Hall–Kier alpha value is -1.76. The van der Waals surface area contributed by atoms with Crippen LogP contribution in [-0.2, 0) is 6.18 Å². The van der Waals surface area contributed by atoms with Crippen molar-refractivity contribution in [2.24, 2.45) is 5.92 Å². The third-order valence-corrected chi connectivity index (χ3v) is 3.85. The average Bonchev–Trinajstić information content (AvgIpc) is 3.23. The number of benzene rings is 1. The molecule has 1 saturated carbocycles. The molecule has 2 rings (SSSR count). The first-order chi connectivity index (χ1) is 10.2. The average molecular weight is 316 g/mol. The molecule has 2 N–H and O–H groups in total. The number of halogens is 3. The van der Waals surface area contributed by atoms with Crippen molar-refractivity contribution in [1.29, 1.82) is 0 Å². The monoisotopic (exact) mass is 316 g/mol. The minimum atomic E-state index is -4.46. The number of carbonyl (C=O) groups excluding carboxylic acids is 1. The van der Waals surface area contributed by atoms with Crippen LogP contribution >= 0.6 is 0 Å². The number of aliphatic hydroxyl groups excluding tert-OH is 1. The minimum absolute atomic E-state index is 0.0282. The first-order valence-corrected chi connectivity index (χ1v) is 7.07. The van der Waals surface area contributed by atoms with Gasteiger partial charge in [-0.3, -0.25) is 0 Å². The van der Waals surface area contributed by atoms with Gasteiger partial charge in [0.2, 0.25) is 0 Å². The highest BCUT2D eigenvalue weighted by Crippen LogP contribution is 2.35. The van der Waals surface area contributed by atoms with Gasteiger partial charge < -0.3 is 15.3 Å². The van der Waals surface area contributed by atoms with Gasteiger partial charge in [0, 0.05) is 19.3 Å². The molecule has 0 spiro atoms. The SMILES string of the molecule is Cc1c(NC(=O)N(C)CC(O)C2CC2)cccc1C(F)(F)F. The third-order valence-electron chi connectivity index (χ3n) is 3.85. The summed E-state index contributed by atoms with van der Waals surface area (Å²) >= 11 is 0. The van der Waals surface area contributed by atoms with Crippen molar-refractivity contribution in [3.8, 4) is 0 Å². The summed E-state index contributed by atoms with van der Waals surface area (Å²) in [5.41, 5.74) is -0.682. The van der Waals surface area contributed by atoms with Gasteiger partial charge in [-0.15, -0.1) is 0 Å². The van der Waals surface area contributed by atoms with E-state index in [0.717, 1.165) is 18.9 Å². The molecule has 122 valence electrons. The largest absolute Gasteiger partial charge is 0.416 e. The number of aliphatic hydroxyl groups is 1. The second-order valence-electron chi connectivity index (χ2n) is 5.69. The van der Waals surface area contributed by atoms with Crippen LogP contribution in [0.1, 0.15) is 24.0 Å². The van der Waals surface area contributed by atoms with Crippen molar-refractivity contribution in [1.82, 2.24) is 4.90 Å². The summed E-state index contributed by atoms with van der Waals surface area (Å²) in [4.78, 5) is 13.3. The zero-order valence-electron chi connectivity index (χ0n) is 12.4. The van der Waals surface area contributed by atoms with Crippen molar-refractivity contribution < 1.29 is 23.1 Å². The van der Waals surface area contributed by atoms with Gasteiger partial charge >= 0.3 is 12.2 Å². The number of alkyl halides is 3. The van der Waals surface area contributed by atoms with Crippen LogP contribution in [0.15, 0.2) is 18.2 Å². The molecular weight excluding hydrogens is 297 g/mol. The highest BCUT2D eigenvalue weighted by atomic mass is 19.4. The maximum atomic E-state index is 12.8. The fourth-order valence-electron chi connectivity index (χ4n) is 2.28. The molecule has 7 heteroatoms. The lowest BCUT2D eigenvalue weighted by Crippen LogP contribution is -2.38. The molecule has 0 heterocycles. The van der Waals surface area contributed by atoms with Crippen LogP contribution < -0.4 is 5.32 Å². The lowest BCUT2D eigenvalue weighted by atomic mass is 10.1. The van der Waals surface area contributed by atoms with Crippen LogP contribution in [0.2, 0.25) is 0 Å². The number of likely N-dealkylation sites (N-methyl/N-ethyl adjacent to an activating group) is 1. The second kappa shape index (κ2) is 6.16. The lowest BCUT2D eigenvalue weighted by molar-refractivity contribution is -0.138. The van der Waals surface area contributed by atoms with Crippen LogP contribution in [0.3, 0.4) is 0 Å². The Morgan fingerprint density at radius 2 is 2.09 bits per heavy atom. The van der Waals surface area contributed by atoms with E-state index >= 15 is 0 Å². The quantitative estimate of drug-likeness (QED) is 0.896. The van der Waals surface area contributed by atoms with E-state index in [0.29, 0.717) is 0 Å². The standard InChI is InChI=1S/C15H19F3N2O2/c1-9-11(15(16,17)18)4-3-5-12(9)19-14(22)20(2)8-13(21)10-6-7-10/h3-5,10,13,21H,6-8H2,1-2H3,(H,19,22). The minimum Gasteiger partial charge on any atom is -0.391 e. The van der Waals surface area contributed by atoms with E-state index in [1.165, 1.54) is 31.0 Å². The highest BCUT2D eigenvalue weighted by Gasteiger charge is 2.33. The molecule has 0 radical (unpaired) electrons. The normalized spacial score (nSPS) is 16.3. The zero-order valence-corrected chi connectivity index (χ0v) is 12.4. The van der Waals surface area contributed by atoms with Gasteiger partial charge in [-0.2, -0.15) is 13.2 Å². The Morgan fingerprint density at radius 3 is 2.64 bits per heavy atom. The van der Waals surface area contributed by atoms with E-state index in [1.54, 1.807) is 0 Å². The smallest absolute Gasteiger partial charge is 0.391 e. The van der Waals surface area contributed by atoms with Gasteiger partial charge in [0.25, 0.3) is 0 Å². The van der Waals surface area contributed by atoms with Gasteiger partial charge in [0.1, 0.15) is 0 Å². The van der Waals surface area contributed by atoms with Gasteiger partial charge in [-0.1, -0.05) is 6.07 Å². The molecule has 1 aliphatic rings. The summed E-state index contributed by atoms with van der Waals surface area (Å²) in [7, 11) is 1.50. The highest BCUT2D eigenvalue weighted by molar-refractivity contribution is 5.90. The summed E-state index contributed by atoms with van der Waals surface area (Å²) < 4.78 is 38.5. The maximum Gasteiger partial charge on any atom is 0.416 e. The summed E-state index contributed by atoms with van der Waals surface area (Å²) in [5, 5.41) is 12.3. The van der Waals surface area contributed by atoms with Gasteiger partial charge in [-0.25, -0.2) is 4.79 Å². The number of hydrogen-bond donors (Lipinski definition) is 2. The van der Waals surface area contributed by atoms with Crippen LogP contribution in [-0.4, -0.2) is 35.7 Å². The molecule has 1 atom stereocenters. The number of carbonyl (C=O) groups is 1. The number of hydrogen-bond acceptors (Lipinski definition) is 2. The van der Waals surface area contributed by atoms with Crippen molar-refractivity contribution in [3.63, 3.8) is 0 Å². The Bertz CT molecular complexity index is 556. The topological polar surface area (TPSA) is 52.6 Å². The second-order valence-corrected chi connectivity index (χ2v) is 5.69. The molecule has 1 aliphatic carbocycles. The molecule has 22 heavy (non-hydrogen) atoms. The molecule has 2 amide bonds. The fraction of sp³-hybridized carbons (Fsp3) is 0.533. The first kappa shape index (κ1) is 16.6. The van der Waals surface area contributed by atoms with Crippen LogP contribution in [0.25, 0.3) is 0 Å². The molecule has 0 saturated heterocycles. The van der Waals surface area contributed by atoms with Crippen molar-refractivity contribution in [2.75, 3.05) is 18.9 Å². The molecule has 4 nitrogen and oxygen atoms in total. The van der Waals surface area contributed by atoms with Gasteiger partial charge in [-0.05, 0) is 43.4 Å². The first-order valence-electron chi connectivity index (χ1n) is 7.07. The third kappa shape index (κ3) is 3.91. The van der Waals surface area contributed by atoms with E-state index < -0.39 is 23.9 Å². The van der Waals surface area contributed by atoms with Crippen molar-refractivity contribution in [3.05, 3.63) is 29.3 Å². The number of amides is 2. The Kier molecular flexibility index (Phi) is 4.65. The number of rotatable bonds is 4. The number of urea groups is 1. The Labute approximate surface area is 126 Å². The van der Waals surface area contributed by atoms with Gasteiger partial charge in [0.05, 0.1) is 11.7 Å². The molecule has 1 aromatic carbocycles. The molecule has 0 bridgehead atoms. The van der Waals surface area contributed by atoms with Crippen LogP contribution in [0.4, 0.5) is 23.7 Å². The Balaban J connectivity index is 2.04. The van der Waals surface area contributed by atoms with Crippen molar-refractivity contribution in [2.45, 2.75) is 32.0 Å². The maximum absolute atomic E-state index is 12.8. The van der Waals surface area contributed by atoms with E-state index in [4.69, 9.17) is 0 Å². The Morgan fingerprint density at radius 1 is 1.45 bits per heavy atom. The predicted molar refractivity (Wildman–Crippen MR) is 76.6 cm³/mol. The molecule has 0 aromatic heterocycles. The summed E-state index contributed by atoms with van der Waals surface area (Å²) in [6.45, 7) is 1.48. The van der Waals surface area contributed by atoms with Gasteiger partial charge in [0.15, 0.2) is 0 Å². The zero-order chi connectivity index (χ0) is 16.5. The van der Waals surface area contributed by atoms with E-state index in [2.05, 4.69) is 5.32 Å². The number of nitrogens with zero attached hydrogens (tertiary/aromatic N) is 1. The van der Waals surface area contributed by atoms with Crippen LogP contribution in [0.5, 0.6) is 0 Å². The van der Waals surface area contributed by atoms with E-state index in [1.807, 2.05) is 0 Å². The van der Waals surface area contributed by atoms with E-state index in [9.17, 15) is 23.1 Å². The number of nitrogens with one attached hydrogen (secondary N) is 1. The summed E-state index contributed by atoms with van der Waals surface area (Å²) in [6.07, 6.45) is -3.15. The molecular formula is C15H19F3N2O2. The van der Waals surface area contributed by atoms with Crippen molar-refractivity contribution >= 4 is 11.7 Å². The number of anilines is 1.